The number of aromatic nitrogens is 3. The molecule has 0 aromatic carbocycles. The van der Waals surface area contributed by atoms with E-state index >= 15 is 0 Å². The number of nitrogens with one attached hydrogen (secondary N) is 1. The first-order chi connectivity index (χ1) is 6.75. The molecular weight excluding hydrogens is 180 g/mol. The maximum absolute atomic E-state index is 5.50. The predicted molar refractivity (Wildman–Crippen MR) is 53.5 cm³/mol. The monoisotopic (exact) mass is 194 g/mol. The van der Waals surface area contributed by atoms with Gasteiger partial charge in [0, 0.05) is 12.5 Å². The number of rotatable bonds is 1. The number of hydrogen-bond donors (Lipinski definition) is 3. The molecule has 1 aliphatic rings. The van der Waals surface area contributed by atoms with E-state index in [-0.39, 0.29) is 11.9 Å². The fourth-order valence-electron chi connectivity index (χ4n) is 1.68. The first-order valence-corrected chi connectivity index (χ1v) is 4.73. The summed E-state index contributed by atoms with van der Waals surface area (Å²) in [7, 11) is 0. The van der Waals surface area contributed by atoms with Gasteiger partial charge >= 0.3 is 0 Å². The van der Waals surface area contributed by atoms with E-state index in [0.717, 1.165) is 25.9 Å². The molecule has 1 saturated heterocycles. The Morgan fingerprint density at radius 2 is 1.86 bits per heavy atom. The van der Waals surface area contributed by atoms with Gasteiger partial charge in [0.05, 0.1) is 0 Å². The number of piperidine rings is 1. The second kappa shape index (κ2) is 3.75. The summed E-state index contributed by atoms with van der Waals surface area (Å²) in [5, 5.41) is 3.29. The van der Waals surface area contributed by atoms with Crippen molar-refractivity contribution in [1.82, 2.24) is 20.3 Å². The van der Waals surface area contributed by atoms with Crippen LogP contribution in [0.3, 0.4) is 0 Å². The highest BCUT2D eigenvalue weighted by Crippen LogP contribution is 2.20. The molecule has 6 nitrogen and oxygen atoms in total. The van der Waals surface area contributed by atoms with Crippen molar-refractivity contribution in [2.24, 2.45) is 0 Å². The van der Waals surface area contributed by atoms with E-state index in [2.05, 4.69) is 20.3 Å². The second-order valence-electron chi connectivity index (χ2n) is 3.45. The molecule has 1 aliphatic heterocycles. The summed E-state index contributed by atoms with van der Waals surface area (Å²) in [5.41, 5.74) is 11.0. The highest BCUT2D eigenvalue weighted by molar-refractivity contribution is 5.27. The van der Waals surface area contributed by atoms with Crippen molar-refractivity contribution < 1.29 is 0 Å². The summed E-state index contributed by atoms with van der Waals surface area (Å²) >= 11 is 0. The molecule has 0 bridgehead atoms. The van der Waals surface area contributed by atoms with Gasteiger partial charge in [0.2, 0.25) is 11.9 Å². The van der Waals surface area contributed by atoms with Gasteiger partial charge in [0.15, 0.2) is 0 Å². The molecule has 1 aromatic rings. The van der Waals surface area contributed by atoms with Crippen molar-refractivity contribution in [3.05, 3.63) is 5.82 Å². The van der Waals surface area contributed by atoms with Crippen LogP contribution in [0.1, 0.15) is 24.6 Å². The van der Waals surface area contributed by atoms with Gasteiger partial charge < -0.3 is 16.8 Å². The molecule has 0 saturated carbocycles. The van der Waals surface area contributed by atoms with Crippen LogP contribution < -0.4 is 16.8 Å². The van der Waals surface area contributed by atoms with E-state index in [0.29, 0.717) is 11.7 Å². The quantitative estimate of drug-likeness (QED) is 0.557. The fraction of sp³-hybridized carbons (Fsp3) is 0.625. The first kappa shape index (κ1) is 9.14. The summed E-state index contributed by atoms with van der Waals surface area (Å²) in [4.78, 5) is 11.9. The van der Waals surface area contributed by atoms with Crippen LogP contribution >= 0.6 is 0 Å². The van der Waals surface area contributed by atoms with Gasteiger partial charge in [0.1, 0.15) is 5.82 Å². The molecule has 1 unspecified atom stereocenters. The maximum atomic E-state index is 5.50. The average molecular weight is 194 g/mol. The number of hydrogen-bond acceptors (Lipinski definition) is 6. The number of anilines is 2. The zero-order chi connectivity index (χ0) is 9.97. The third-order valence-electron chi connectivity index (χ3n) is 2.35. The lowest BCUT2D eigenvalue weighted by Crippen LogP contribution is -2.29. The maximum Gasteiger partial charge on any atom is 0.225 e. The van der Waals surface area contributed by atoms with Gasteiger partial charge in [-0.15, -0.1) is 0 Å². The molecule has 0 aliphatic carbocycles. The number of nitrogens with two attached hydrogens (primary N) is 2. The molecule has 6 heteroatoms. The van der Waals surface area contributed by atoms with Crippen LogP contribution in [0, 0.1) is 0 Å². The van der Waals surface area contributed by atoms with Gasteiger partial charge in [0.25, 0.3) is 0 Å². The SMILES string of the molecule is Nc1nc(N)nc(C2CCCNC2)n1. The molecule has 5 N–H and O–H groups in total. The van der Waals surface area contributed by atoms with E-state index in [1.54, 1.807) is 0 Å². The molecule has 76 valence electrons. The van der Waals surface area contributed by atoms with Crippen LogP contribution in [0.15, 0.2) is 0 Å². The molecule has 0 radical (unpaired) electrons. The fourth-order valence-corrected chi connectivity index (χ4v) is 1.68. The smallest absolute Gasteiger partial charge is 0.225 e. The first-order valence-electron chi connectivity index (χ1n) is 4.73. The molecular formula is C8H14N6. The minimum atomic E-state index is 0.207. The van der Waals surface area contributed by atoms with Gasteiger partial charge in [-0.05, 0) is 19.4 Å². The van der Waals surface area contributed by atoms with E-state index < -0.39 is 0 Å². The zero-order valence-corrected chi connectivity index (χ0v) is 7.90. The van der Waals surface area contributed by atoms with Crippen molar-refractivity contribution in [3.8, 4) is 0 Å². The predicted octanol–water partition coefficient (Wildman–Crippen LogP) is -0.497. The van der Waals surface area contributed by atoms with E-state index in [9.17, 15) is 0 Å². The lowest BCUT2D eigenvalue weighted by atomic mass is 9.99. The highest BCUT2D eigenvalue weighted by atomic mass is 15.1. The van der Waals surface area contributed by atoms with Crippen LogP contribution in [0.5, 0.6) is 0 Å². The van der Waals surface area contributed by atoms with E-state index in [4.69, 9.17) is 11.5 Å². The summed E-state index contributed by atoms with van der Waals surface area (Å²) in [6.45, 7) is 1.95. The van der Waals surface area contributed by atoms with Crippen LogP contribution in [-0.4, -0.2) is 28.0 Å². The Morgan fingerprint density at radius 3 is 2.43 bits per heavy atom. The Morgan fingerprint density at radius 1 is 1.14 bits per heavy atom. The molecule has 1 aromatic heterocycles. The lowest BCUT2D eigenvalue weighted by molar-refractivity contribution is 0.446. The zero-order valence-electron chi connectivity index (χ0n) is 7.90. The summed E-state index contributed by atoms with van der Waals surface area (Å²) in [6.07, 6.45) is 2.21. The molecule has 2 rings (SSSR count). The minimum Gasteiger partial charge on any atom is -0.368 e. The third kappa shape index (κ3) is 1.90. The number of nitrogen functional groups attached to an aromatic ring is 2. The van der Waals surface area contributed by atoms with Crippen LogP contribution in [0.25, 0.3) is 0 Å². The standard InChI is InChI=1S/C8H14N6/c9-7-12-6(13-8(10)14-7)5-2-1-3-11-4-5/h5,11H,1-4H2,(H4,9,10,12,13,14). The Balaban J connectivity index is 2.21. The average Bonchev–Trinajstić information content (AvgIpc) is 2.18. The molecule has 1 fully saturated rings. The molecule has 0 amide bonds. The summed E-state index contributed by atoms with van der Waals surface area (Å²) < 4.78 is 0. The summed E-state index contributed by atoms with van der Waals surface area (Å²) in [5.74, 6) is 1.44. The Bertz CT molecular complexity index is 299. The van der Waals surface area contributed by atoms with Gasteiger partial charge in [-0.25, -0.2) is 0 Å². The largest absolute Gasteiger partial charge is 0.368 e. The minimum absolute atomic E-state index is 0.207. The Kier molecular flexibility index (Phi) is 2.45. The van der Waals surface area contributed by atoms with Crippen molar-refractivity contribution in [2.45, 2.75) is 18.8 Å². The van der Waals surface area contributed by atoms with Gasteiger partial charge in [-0.2, -0.15) is 15.0 Å². The lowest BCUT2D eigenvalue weighted by Gasteiger charge is -2.21. The number of nitrogens with zero attached hydrogens (tertiary/aromatic N) is 3. The van der Waals surface area contributed by atoms with Crippen LogP contribution in [-0.2, 0) is 0 Å². The van der Waals surface area contributed by atoms with Crippen molar-refractivity contribution in [1.29, 1.82) is 0 Å². The van der Waals surface area contributed by atoms with E-state index in [1.807, 2.05) is 0 Å². The highest BCUT2D eigenvalue weighted by Gasteiger charge is 2.18. The molecule has 1 atom stereocenters. The van der Waals surface area contributed by atoms with Gasteiger partial charge in [-0.1, -0.05) is 0 Å². The topological polar surface area (TPSA) is 103 Å². The Hall–Kier alpha value is -1.43. The molecule has 2 heterocycles. The Labute approximate surface area is 82.1 Å². The van der Waals surface area contributed by atoms with Crippen molar-refractivity contribution >= 4 is 11.9 Å². The van der Waals surface area contributed by atoms with Gasteiger partial charge in [-0.3, -0.25) is 0 Å². The van der Waals surface area contributed by atoms with Crippen LogP contribution in [0.2, 0.25) is 0 Å². The second-order valence-corrected chi connectivity index (χ2v) is 3.45. The van der Waals surface area contributed by atoms with E-state index in [1.165, 1.54) is 0 Å². The third-order valence-corrected chi connectivity index (χ3v) is 2.35. The molecule has 0 spiro atoms. The molecule has 14 heavy (non-hydrogen) atoms. The van der Waals surface area contributed by atoms with Crippen molar-refractivity contribution in [2.75, 3.05) is 24.6 Å². The summed E-state index contributed by atoms with van der Waals surface area (Å²) in [6, 6.07) is 0. The normalized spacial score (nSPS) is 22.1. The van der Waals surface area contributed by atoms with Crippen molar-refractivity contribution in [3.63, 3.8) is 0 Å². The van der Waals surface area contributed by atoms with Crippen LogP contribution in [0.4, 0.5) is 11.9 Å².